The number of piperazine rings is 1. The first-order chi connectivity index (χ1) is 7.10. The summed E-state index contributed by atoms with van der Waals surface area (Å²) in [6.07, 6.45) is 2.71. The zero-order valence-corrected chi connectivity index (χ0v) is 9.29. The van der Waals surface area contributed by atoms with Crippen LogP contribution in [0.4, 0.5) is 0 Å². The Bertz CT molecular complexity index is 414. The average molecular weight is 230 g/mol. The van der Waals surface area contributed by atoms with Crippen molar-refractivity contribution in [1.82, 2.24) is 19.6 Å². The van der Waals surface area contributed by atoms with Gasteiger partial charge in [0.15, 0.2) is 5.03 Å². The second-order valence-electron chi connectivity index (χ2n) is 3.63. The van der Waals surface area contributed by atoms with Crippen LogP contribution < -0.4 is 5.32 Å². The Morgan fingerprint density at radius 1 is 1.60 bits per heavy atom. The highest BCUT2D eigenvalue weighted by molar-refractivity contribution is 7.89. The zero-order chi connectivity index (χ0) is 10.9. The van der Waals surface area contributed by atoms with E-state index >= 15 is 0 Å². The summed E-state index contributed by atoms with van der Waals surface area (Å²) in [5.41, 5.74) is 0. The number of hydrogen-bond acceptors (Lipinski definition) is 4. The van der Waals surface area contributed by atoms with Crippen molar-refractivity contribution in [3.8, 4) is 0 Å². The third-order valence-electron chi connectivity index (χ3n) is 2.42. The van der Waals surface area contributed by atoms with E-state index in [-0.39, 0.29) is 11.1 Å². The van der Waals surface area contributed by atoms with E-state index in [4.69, 9.17) is 0 Å². The van der Waals surface area contributed by atoms with Crippen molar-refractivity contribution in [3.05, 3.63) is 12.5 Å². The molecule has 7 heteroatoms. The maximum atomic E-state index is 12.0. The number of rotatable bonds is 2. The van der Waals surface area contributed by atoms with Gasteiger partial charge >= 0.3 is 0 Å². The maximum absolute atomic E-state index is 12.0. The van der Waals surface area contributed by atoms with E-state index in [0.717, 1.165) is 0 Å². The SMILES string of the molecule is C[C@H]1CN(S(=O)(=O)c2cnc[nH]2)CCN1. The summed E-state index contributed by atoms with van der Waals surface area (Å²) in [6.45, 7) is 3.66. The predicted molar refractivity (Wildman–Crippen MR) is 54.8 cm³/mol. The molecule has 6 nitrogen and oxygen atoms in total. The molecule has 0 saturated carbocycles. The monoisotopic (exact) mass is 230 g/mol. The second kappa shape index (κ2) is 3.92. The quantitative estimate of drug-likeness (QED) is 0.710. The van der Waals surface area contributed by atoms with Crippen molar-refractivity contribution in [3.63, 3.8) is 0 Å². The molecule has 1 fully saturated rings. The highest BCUT2D eigenvalue weighted by atomic mass is 32.2. The number of imidazole rings is 1. The maximum Gasteiger partial charge on any atom is 0.260 e. The first-order valence-corrected chi connectivity index (χ1v) is 6.26. The van der Waals surface area contributed by atoms with Crippen molar-refractivity contribution in [1.29, 1.82) is 0 Å². The summed E-state index contributed by atoms with van der Waals surface area (Å²) >= 11 is 0. The van der Waals surface area contributed by atoms with Crippen molar-refractivity contribution >= 4 is 10.0 Å². The molecule has 1 aliphatic heterocycles. The number of nitrogens with one attached hydrogen (secondary N) is 2. The van der Waals surface area contributed by atoms with Gasteiger partial charge in [-0.1, -0.05) is 0 Å². The number of nitrogens with zero attached hydrogens (tertiary/aromatic N) is 2. The molecule has 0 aromatic carbocycles. The van der Waals surface area contributed by atoms with E-state index < -0.39 is 10.0 Å². The minimum atomic E-state index is -3.38. The van der Waals surface area contributed by atoms with E-state index in [1.165, 1.54) is 16.8 Å². The molecule has 0 radical (unpaired) electrons. The van der Waals surface area contributed by atoms with Crippen molar-refractivity contribution in [2.24, 2.45) is 0 Å². The van der Waals surface area contributed by atoms with Gasteiger partial charge < -0.3 is 10.3 Å². The van der Waals surface area contributed by atoms with Crippen LogP contribution in [-0.2, 0) is 10.0 Å². The van der Waals surface area contributed by atoms with E-state index in [1.54, 1.807) is 0 Å². The summed E-state index contributed by atoms with van der Waals surface area (Å²) < 4.78 is 25.5. The lowest BCUT2D eigenvalue weighted by molar-refractivity contribution is 0.309. The lowest BCUT2D eigenvalue weighted by Gasteiger charge is -2.30. The topological polar surface area (TPSA) is 78.1 Å². The fourth-order valence-electron chi connectivity index (χ4n) is 1.64. The lowest BCUT2D eigenvalue weighted by Crippen LogP contribution is -2.51. The van der Waals surface area contributed by atoms with Crippen molar-refractivity contribution < 1.29 is 8.42 Å². The molecule has 1 saturated heterocycles. The van der Waals surface area contributed by atoms with Crippen LogP contribution in [0.1, 0.15) is 6.92 Å². The van der Waals surface area contributed by atoms with E-state index in [0.29, 0.717) is 19.6 Å². The summed E-state index contributed by atoms with van der Waals surface area (Å²) in [4.78, 5) is 6.35. The van der Waals surface area contributed by atoms with Crippen LogP contribution in [0.3, 0.4) is 0 Å². The van der Waals surface area contributed by atoms with Gasteiger partial charge in [0.05, 0.1) is 12.5 Å². The summed E-state index contributed by atoms with van der Waals surface area (Å²) in [7, 11) is -3.38. The van der Waals surface area contributed by atoms with E-state index in [1.807, 2.05) is 6.92 Å². The van der Waals surface area contributed by atoms with Gasteiger partial charge in [-0.05, 0) is 6.92 Å². The highest BCUT2D eigenvalue weighted by Gasteiger charge is 2.29. The molecule has 0 bridgehead atoms. The van der Waals surface area contributed by atoms with Crippen LogP contribution in [0.2, 0.25) is 0 Å². The molecule has 84 valence electrons. The smallest absolute Gasteiger partial charge is 0.260 e. The second-order valence-corrected chi connectivity index (χ2v) is 5.54. The number of aromatic nitrogens is 2. The number of hydrogen-bond donors (Lipinski definition) is 2. The molecule has 2 rings (SSSR count). The Labute approximate surface area is 88.7 Å². The average Bonchev–Trinajstić information content (AvgIpc) is 2.71. The first kappa shape index (κ1) is 10.6. The molecular formula is C8H14N4O2S. The molecule has 0 spiro atoms. The Kier molecular flexibility index (Phi) is 2.76. The number of sulfonamides is 1. The molecular weight excluding hydrogens is 216 g/mol. The fourth-order valence-corrected chi connectivity index (χ4v) is 3.06. The van der Waals surface area contributed by atoms with Crippen LogP contribution in [0.5, 0.6) is 0 Å². The molecule has 0 aliphatic carbocycles. The van der Waals surface area contributed by atoms with Crippen LogP contribution in [0, 0.1) is 0 Å². The Morgan fingerprint density at radius 2 is 2.40 bits per heavy atom. The Hall–Kier alpha value is -0.920. The standard InChI is InChI=1S/C8H14N4O2S/c1-7-5-12(3-2-10-7)15(13,14)8-4-9-6-11-8/h4,6-7,10H,2-3,5H2,1H3,(H,9,11)/t7-/m0/s1. The molecule has 0 amide bonds. The van der Waals surface area contributed by atoms with Gasteiger partial charge in [0.1, 0.15) is 0 Å². The summed E-state index contributed by atoms with van der Waals surface area (Å²) in [5.74, 6) is 0. The molecule has 1 aromatic rings. The zero-order valence-electron chi connectivity index (χ0n) is 8.47. The molecule has 15 heavy (non-hydrogen) atoms. The number of H-pyrrole nitrogens is 1. The van der Waals surface area contributed by atoms with Crippen molar-refractivity contribution in [2.45, 2.75) is 18.0 Å². The molecule has 2 N–H and O–H groups in total. The molecule has 1 aromatic heterocycles. The van der Waals surface area contributed by atoms with Crippen molar-refractivity contribution in [2.75, 3.05) is 19.6 Å². The third-order valence-corrected chi connectivity index (χ3v) is 4.21. The van der Waals surface area contributed by atoms with E-state index in [9.17, 15) is 8.42 Å². The molecule has 1 aliphatic rings. The lowest BCUT2D eigenvalue weighted by atomic mass is 10.3. The fraction of sp³-hybridized carbons (Fsp3) is 0.625. The van der Waals surface area contributed by atoms with Crippen LogP contribution in [-0.4, -0.2) is 48.4 Å². The normalized spacial score (nSPS) is 24.2. The van der Waals surface area contributed by atoms with Crippen LogP contribution in [0.25, 0.3) is 0 Å². The highest BCUT2D eigenvalue weighted by Crippen LogP contribution is 2.13. The van der Waals surface area contributed by atoms with E-state index in [2.05, 4.69) is 15.3 Å². The molecule has 1 atom stereocenters. The summed E-state index contributed by atoms with van der Waals surface area (Å²) in [5, 5.41) is 3.36. The predicted octanol–water partition coefficient (Wildman–Crippen LogP) is -0.608. The Balaban J connectivity index is 2.22. The minimum Gasteiger partial charge on any atom is -0.335 e. The Morgan fingerprint density at radius 3 is 3.00 bits per heavy atom. The molecule has 0 unspecified atom stereocenters. The summed E-state index contributed by atoms with van der Waals surface area (Å²) in [6, 6.07) is 0.191. The third kappa shape index (κ3) is 2.04. The van der Waals surface area contributed by atoms with Gasteiger partial charge in [-0.15, -0.1) is 0 Å². The largest absolute Gasteiger partial charge is 0.335 e. The molecule has 2 heterocycles. The van der Waals surface area contributed by atoms with Gasteiger partial charge in [0.25, 0.3) is 10.0 Å². The van der Waals surface area contributed by atoms with Crippen LogP contribution in [0.15, 0.2) is 17.6 Å². The first-order valence-electron chi connectivity index (χ1n) is 4.82. The van der Waals surface area contributed by atoms with Gasteiger partial charge in [-0.2, -0.15) is 4.31 Å². The van der Waals surface area contributed by atoms with Gasteiger partial charge in [-0.3, -0.25) is 0 Å². The van der Waals surface area contributed by atoms with Gasteiger partial charge in [-0.25, -0.2) is 13.4 Å². The van der Waals surface area contributed by atoms with Gasteiger partial charge in [0.2, 0.25) is 0 Å². The number of aromatic amines is 1. The van der Waals surface area contributed by atoms with Gasteiger partial charge in [0, 0.05) is 25.7 Å². The minimum absolute atomic E-state index is 0.164. The van der Waals surface area contributed by atoms with Crippen LogP contribution >= 0.6 is 0 Å².